The van der Waals surface area contributed by atoms with Crippen LogP contribution in [0.1, 0.15) is 11.1 Å². The number of rotatable bonds is 3. The van der Waals surface area contributed by atoms with Gasteiger partial charge in [-0.25, -0.2) is 4.79 Å². The molecule has 0 bridgehead atoms. The van der Waals surface area contributed by atoms with Crippen molar-refractivity contribution < 1.29 is 4.42 Å². The lowest BCUT2D eigenvalue weighted by Gasteiger charge is -1.92. The normalized spacial score (nSPS) is 13.0. The molecule has 0 aliphatic heterocycles. The number of para-hydroxylation sites is 1. The van der Waals surface area contributed by atoms with Gasteiger partial charge in [-0.3, -0.25) is 0 Å². The van der Waals surface area contributed by atoms with E-state index in [1.807, 2.05) is 72.9 Å². The van der Waals surface area contributed by atoms with Gasteiger partial charge in [-0.05, 0) is 30.2 Å². The molecule has 0 saturated heterocycles. The van der Waals surface area contributed by atoms with Crippen molar-refractivity contribution in [1.29, 1.82) is 0 Å². The lowest BCUT2D eigenvalue weighted by atomic mass is 10.1. The topological polar surface area (TPSA) is 61.8 Å². The summed E-state index contributed by atoms with van der Waals surface area (Å²) in [7, 11) is 0. The van der Waals surface area contributed by atoms with Crippen molar-refractivity contribution in [2.75, 3.05) is 0 Å². The molecule has 0 aliphatic rings. The zero-order chi connectivity index (χ0) is 16.4. The molecule has 24 heavy (non-hydrogen) atoms. The fourth-order valence-corrected chi connectivity index (χ4v) is 2.75. The predicted octanol–water partition coefficient (Wildman–Crippen LogP) is 2.30. The van der Waals surface area contributed by atoms with Crippen LogP contribution in [0.2, 0.25) is 0 Å². The van der Waals surface area contributed by atoms with E-state index in [1.54, 1.807) is 0 Å². The van der Waals surface area contributed by atoms with Gasteiger partial charge in [-0.2, -0.15) is 0 Å². The molecular weight excluding hydrogens is 300 g/mol. The number of benzene rings is 2. The number of oxazole rings is 1. The maximum Gasteiger partial charge on any atom is 0.361 e. The van der Waals surface area contributed by atoms with Gasteiger partial charge in [0.2, 0.25) is 0 Å². The van der Waals surface area contributed by atoms with E-state index in [4.69, 9.17) is 4.42 Å². The molecule has 2 aromatic heterocycles. The molecule has 4 aromatic rings. The molecule has 4 nitrogen and oxygen atoms in total. The Hall–Kier alpha value is -3.27. The lowest BCUT2D eigenvalue weighted by Crippen LogP contribution is -2.21. The van der Waals surface area contributed by atoms with Gasteiger partial charge in [0.05, 0.1) is 0 Å². The minimum atomic E-state index is -0.361. The van der Waals surface area contributed by atoms with Crippen molar-refractivity contribution in [1.82, 2.24) is 9.97 Å². The number of aromatic nitrogens is 2. The second-order valence-corrected chi connectivity index (χ2v) is 5.62. The van der Waals surface area contributed by atoms with Gasteiger partial charge in [0.15, 0.2) is 5.55 Å². The van der Waals surface area contributed by atoms with Gasteiger partial charge < -0.3 is 14.4 Å². The van der Waals surface area contributed by atoms with Crippen LogP contribution in [0.5, 0.6) is 0 Å². The fourth-order valence-electron chi connectivity index (χ4n) is 2.75. The van der Waals surface area contributed by atoms with Crippen molar-refractivity contribution in [2.45, 2.75) is 6.42 Å². The Morgan fingerprint density at radius 3 is 2.67 bits per heavy atom. The zero-order valence-electron chi connectivity index (χ0n) is 13.0. The molecule has 2 N–H and O–H groups in total. The average Bonchev–Trinajstić information content (AvgIpc) is 3.18. The predicted molar refractivity (Wildman–Crippen MR) is 95.1 cm³/mol. The first-order chi connectivity index (χ1) is 11.8. The van der Waals surface area contributed by atoms with Crippen LogP contribution in [0.4, 0.5) is 0 Å². The summed E-state index contributed by atoms with van der Waals surface area (Å²) in [4.78, 5) is 18.3. The van der Waals surface area contributed by atoms with Gasteiger partial charge in [0, 0.05) is 22.7 Å². The fraction of sp³-hybridized carbons (Fsp3) is 0.0500. The van der Waals surface area contributed by atoms with E-state index in [0.717, 1.165) is 22.0 Å². The first-order valence-electron chi connectivity index (χ1n) is 7.81. The highest BCUT2D eigenvalue weighted by atomic mass is 16.4. The molecule has 4 heteroatoms. The minimum Gasteiger partial charge on any atom is -0.405 e. The van der Waals surface area contributed by atoms with Crippen LogP contribution in [-0.2, 0) is 6.42 Å². The van der Waals surface area contributed by atoms with Gasteiger partial charge in [0.1, 0.15) is 5.35 Å². The van der Waals surface area contributed by atoms with Gasteiger partial charge in [-0.15, -0.1) is 0 Å². The first-order valence-corrected chi connectivity index (χ1v) is 7.81. The summed E-state index contributed by atoms with van der Waals surface area (Å²) in [6, 6.07) is 18.0. The monoisotopic (exact) mass is 316 g/mol. The Kier molecular flexibility index (Phi) is 3.63. The van der Waals surface area contributed by atoms with Crippen molar-refractivity contribution >= 4 is 23.1 Å². The van der Waals surface area contributed by atoms with Crippen molar-refractivity contribution in [3.05, 3.63) is 93.2 Å². The summed E-state index contributed by atoms with van der Waals surface area (Å²) in [5.41, 5.74) is 3.27. The molecular formula is C20H16N2O2. The van der Waals surface area contributed by atoms with Crippen LogP contribution < -0.4 is 16.5 Å². The quantitative estimate of drug-likeness (QED) is 0.609. The van der Waals surface area contributed by atoms with Crippen LogP contribution in [0.25, 0.3) is 23.1 Å². The van der Waals surface area contributed by atoms with Gasteiger partial charge >= 0.3 is 5.63 Å². The Bertz CT molecular complexity index is 1150. The van der Waals surface area contributed by atoms with E-state index in [9.17, 15) is 4.79 Å². The minimum absolute atomic E-state index is 0.361. The van der Waals surface area contributed by atoms with Crippen LogP contribution >= 0.6 is 0 Å². The third-order valence-corrected chi connectivity index (χ3v) is 3.97. The Labute approximate surface area is 137 Å². The third kappa shape index (κ3) is 2.82. The van der Waals surface area contributed by atoms with E-state index >= 15 is 0 Å². The van der Waals surface area contributed by atoms with Gasteiger partial charge in [-0.1, -0.05) is 48.5 Å². The van der Waals surface area contributed by atoms with Gasteiger partial charge in [0.25, 0.3) is 0 Å². The van der Waals surface area contributed by atoms with E-state index in [-0.39, 0.29) is 5.63 Å². The standard InChI is InChI=1S/C20H16N2O2/c23-20-18(12-15-13-21-17-9-5-4-8-16(15)17)22-19(24-20)11-10-14-6-2-1-3-7-14/h1-9,11-13,21-22H,10H2/b18-12+,19-11-. The van der Waals surface area contributed by atoms with E-state index in [0.29, 0.717) is 17.3 Å². The average molecular weight is 316 g/mol. The Morgan fingerprint density at radius 1 is 1.00 bits per heavy atom. The molecule has 0 unspecified atom stereocenters. The molecule has 2 aromatic carbocycles. The SMILES string of the molecule is O=c1o/c(=C\Cc2ccccc2)[nH]/c1=C/c1c[nH]c2ccccc12. The Balaban J connectivity index is 1.72. The number of hydrogen-bond acceptors (Lipinski definition) is 2. The number of H-pyrrole nitrogens is 2. The molecule has 0 radical (unpaired) electrons. The van der Waals surface area contributed by atoms with Crippen molar-refractivity contribution in [3.63, 3.8) is 0 Å². The molecule has 0 spiro atoms. The highest BCUT2D eigenvalue weighted by Crippen LogP contribution is 2.17. The largest absolute Gasteiger partial charge is 0.405 e. The molecule has 4 rings (SSSR count). The highest BCUT2D eigenvalue weighted by molar-refractivity contribution is 5.88. The first kappa shape index (κ1) is 14.3. The van der Waals surface area contributed by atoms with Crippen molar-refractivity contribution in [3.8, 4) is 0 Å². The molecule has 118 valence electrons. The maximum absolute atomic E-state index is 12.1. The number of nitrogens with one attached hydrogen (secondary N) is 2. The number of aromatic amines is 2. The molecule has 0 atom stereocenters. The highest BCUT2D eigenvalue weighted by Gasteiger charge is 2.02. The summed E-state index contributed by atoms with van der Waals surface area (Å²) in [6.45, 7) is 0. The smallest absolute Gasteiger partial charge is 0.361 e. The summed E-state index contributed by atoms with van der Waals surface area (Å²) < 4.78 is 5.29. The Morgan fingerprint density at radius 2 is 1.79 bits per heavy atom. The number of hydrogen-bond donors (Lipinski definition) is 2. The summed E-state index contributed by atoms with van der Waals surface area (Å²) in [6.07, 6.45) is 6.28. The summed E-state index contributed by atoms with van der Waals surface area (Å²) in [5, 5.41) is 1.51. The molecule has 0 amide bonds. The zero-order valence-corrected chi connectivity index (χ0v) is 13.0. The van der Waals surface area contributed by atoms with Crippen molar-refractivity contribution in [2.24, 2.45) is 0 Å². The summed E-state index contributed by atoms with van der Waals surface area (Å²) in [5.74, 6) is 0. The molecule has 0 aliphatic carbocycles. The third-order valence-electron chi connectivity index (χ3n) is 3.97. The second-order valence-electron chi connectivity index (χ2n) is 5.62. The summed E-state index contributed by atoms with van der Waals surface area (Å²) >= 11 is 0. The van der Waals surface area contributed by atoms with E-state index in [1.165, 1.54) is 0 Å². The number of fused-ring (bicyclic) bond motifs is 1. The molecule has 0 fully saturated rings. The maximum atomic E-state index is 12.1. The van der Waals surface area contributed by atoms with E-state index in [2.05, 4.69) is 9.97 Å². The second kappa shape index (κ2) is 6.08. The molecule has 2 heterocycles. The molecule has 0 saturated carbocycles. The van der Waals surface area contributed by atoms with Crippen LogP contribution in [-0.4, -0.2) is 9.97 Å². The van der Waals surface area contributed by atoms with E-state index < -0.39 is 0 Å². The van der Waals surface area contributed by atoms with Crippen LogP contribution in [0.3, 0.4) is 0 Å². The lowest BCUT2D eigenvalue weighted by molar-refractivity contribution is 0.485. The van der Waals surface area contributed by atoms with Crippen LogP contribution in [0, 0.1) is 0 Å². The van der Waals surface area contributed by atoms with Crippen LogP contribution in [0.15, 0.2) is 70.0 Å².